The van der Waals surface area contributed by atoms with E-state index in [0.717, 1.165) is 35.5 Å². The minimum atomic E-state index is -4.59. The van der Waals surface area contributed by atoms with Crippen molar-refractivity contribution in [1.82, 2.24) is 9.97 Å². The summed E-state index contributed by atoms with van der Waals surface area (Å²) in [6.07, 6.45) is -3.83. The number of hydrogen-bond donors (Lipinski definition) is 0. The Bertz CT molecular complexity index is 1040. The summed E-state index contributed by atoms with van der Waals surface area (Å²) >= 11 is 2.22. The first-order valence-corrected chi connectivity index (χ1v) is 10.7. The summed E-state index contributed by atoms with van der Waals surface area (Å²) in [6, 6.07) is 12.1. The van der Waals surface area contributed by atoms with Gasteiger partial charge in [0.2, 0.25) is 5.91 Å². The molecule has 0 bridgehead atoms. The van der Waals surface area contributed by atoms with Crippen molar-refractivity contribution in [3.05, 3.63) is 59.1 Å². The normalized spacial score (nSPS) is 16.1. The zero-order valence-corrected chi connectivity index (χ0v) is 16.9. The van der Waals surface area contributed by atoms with Crippen molar-refractivity contribution in [2.24, 2.45) is 0 Å². The van der Waals surface area contributed by atoms with Crippen molar-refractivity contribution >= 4 is 34.7 Å². The summed E-state index contributed by atoms with van der Waals surface area (Å²) in [7, 11) is 0. The Balaban J connectivity index is 1.57. The zero-order valence-electron chi connectivity index (χ0n) is 15.3. The number of rotatable bonds is 4. The van der Waals surface area contributed by atoms with Gasteiger partial charge in [-0.05, 0) is 42.5 Å². The fraction of sp³-hybridized carbons (Fsp3) is 0.250. The number of hydrogen-bond acceptors (Lipinski definition) is 5. The maximum atomic E-state index is 13.3. The number of halogens is 3. The highest BCUT2D eigenvalue weighted by molar-refractivity contribution is 7.99. The molecule has 4 rings (SSSR count). The molecule has 0 radical (unpaired) electrons. The molecule has 0 spiro atoms. The van der Waals surface area contributed by atoms with Crippen LogP contribution in [0.2, 0.25) is 0 Å². The molecular formula is C20H16F3N3OS2. The molecule has 0 N–H and O–H groups in total. The average Bonchev–Trinajstić information content (AvgIpc) is 3.32. The van der Waals surface area contributed by atoms with Crippen LogP contribution in [0.5, 0.6) is 0 Å². The lowest BCUT2D eigenvalue weighted by molar-refractivity contribution is -0.141. The SMILES string of the molecule is C[C@@H]1Cc2ccccc2N1C(=O)CSc1nc(-c2cccs2)cc(C(F)(F)F)n1. The first-order chi connectivity index (χ1) is 13.8. The third-order valence-electron chi connectivity index (χ3n) is 4.57. The molecule has 3 heterocycles. The standard InChI is InChI=1S/C20H16F3N3OS2/c1-12-9-13-5-2-3-6-15(13)26(12)18(27)11-29-19-24-14(16-7-4-8-28-16)10-17(25-19)20(21,22)23/h2-8,10,12H,9,11H2,1H3/t12-/m1/s1. The Kier molecular flexibility index (Phi) is 5.35. The number of nitrogens with zero attached hydrogens (tertiary/aromatic N) is 3. The predicted molar refractivity (Wildman–Crippen MR) is 108 cm³/mol. The Morgan fingerprint density at radius 2 is 2.03 bits per heavy atom. The summed E-state index contributed by atoms with van der Waals surface area (Å²) in [6.45, 7) is 1.96. The fourth-order valence-electron chi connectivity index (χ4n) is 3.33. The van der Waals surface area contributed by atoms with Crippen LogP contribution in [0.3, 0.4) is 0 Å². The van der Waals surface area contributed by atoms with Crippen molar-refractivity contribution in [2.45, 2.75) is 30.7 Å². The number of thioether (sulfide) groups is 1. The number of aromatic nitrogens is 2. The Morgan fingerprint density at radius 3 is 2.76 bits per heavy atom. The van der Waals surface area contributed by atoms with Crippen LogP contribution in [0.1, 0.15) is 18.2 Å². The van der Waals surface area contributed by atoms with E-state index in [1.807, 2.05) is 31.2 Å². The third-order valence-corrected chi connectivity index (χ3v) is 6.29. The third kappa shape index (κ3) is 4.16. The van der Waals surface area contributed by atoms with Crippen molar-refractivity contribution in [3.8, 4) is 10.6 Å². The minimum Gasteiger partial charge on any atom is -0.308 e. The van der Waals surface area contributed by atoms with E-state index in [9.17, 15) is 18.0 Å². The van der Waals surface area contributed by atoms with Gasteiger partial charge in [0.1, 0.15) is 5.69 Å². The first kappa shape index (κ1) is 19.9. The van der Waals surface area contributed by atoms with E-state index in [2.05, 4.69) is 9.97 Å². The van der Waals surface area contributed by atoms with E-state index in [1.54, 1.807) is 22.4 Å². The predicted octanol–water partition coefficient (Wildman–Crippen LogP) is 5.29. The molecule has 4 nitrogen and oxygen atoms in total. The van der Waals surface area contributed by atoms with Gasteiger partial charge in [0.05, 0.1) is 16.3 Å². The number of anilines is 1. The van der Waals surface area contributed by atoms with Crippen molar-refractivity contribution in [1.29, 1.82) is 0 Å². The van der Waals surface area contributed by atoms with Crippen molar-refractivity contribution in [3.63, 3.8) is 0 Å². The highest BCUT2D eigenvalue weighted by Crippen LogP contribution is 2.35. The molecule has 0 fully saturated rings. The number of para-hydroxylation sites is 1. The lowest BCUT2D eigenvalue weighted by Gasteiger charge is -2.22. The van der Waals surface area contributed by atoms with Gasteiger partial charge in [-0.3, -0.25) is 4.79 Å². The van der Waals surface area contributed by atoms with Gasteiger partial charge in [0.15, 0.2) is 5.16 Å². The Morgan fingerprint density at radius 1 is 1.24 bits per heavy atom. The smallest absolute Gasteiger partial charge is 0.308 e. The molecule has 1 aliphatic heterocycles. The van der Waals surface area contributed by atoms with Gasteiger partial charge in [-0.25, -0.2) is 9.97 Å². The topological polar surface area (TPSA) is 46.1 Å². The molecule has 1 atom stereocenters. The van der Waals surface area contributed by atoms with E-state index >= 15 is 0 Å². The lowest BCUT2D eigenvalue weighted by atomic mass is 10.1. The number of carbonyl (C=O) groups excluding carboxylic acids is 1. The van der Waals surface area contributed by atoms with Crippen LogP contribution in [-0.4, -0.2) is 27.7 Å². The second kappa shape index (κ2) is 7.79. The van der Waals surface area contributed by atoms with E-state index in [0.29, 0.717) is 4.88 Å². The molecule has 0 saturated carbocycles. The average molecular weight is 435 g/mol. The van der Waals surface area contributed by atoms with Crippen molar-refractivity contribution in [2.75, 3.05) is 10.7 Å². The molecule has 150 valence electrons. The van der Waals surface area contributed by atoms with Crippen LogP contribution in [0, 0.1) is 0 Å². The molecular weight excluding hydrogens is 419 g/mol. The zero-order chi connectivity index (χ0) is 20.6. The maximum Gasteiger partial charge on any atom is 0.433 e. The molecule has 0 aliphatic carbocycles. The molecule has 1 amide bonds. The number of amides is 1. The second-order valence-corrected chi connectivity index (χ2v) is 8.52. The summed E-state index contributed by atoms with van der Waals surface area (Å²) in [5.41, 5.74) is 1.14. The largest absolute Gasteiger partial charge is 0.433 e. The van der Waals surface area contributed by atoms with Gasteiger partial charge >= 0.3 is 6.18 Å². The van der Waals surface area contributed by atoms with Gasteiger partial charge in [0.25, 0.3) is 0 Å². The summed E-state index contributed by atoms with van der Waals surface area (Å²) in [5.74, 6) is -0.213. The van der Waals surface area contributed by atoms with Gasteiger partial charge in [-0.2, -0.15) is 13.2 Å². The lowest BCUT2D eigenvalue weighted by Crippen LogP contribution is -2.37. The van der Waals surface area contributed by atoms with Gasteiger partial charge < -0.3 is 4.90 Å². The molecule has 9 heteroatoms. The number of thiophene rings is 1. The molecule has 0 saturated heterocycles. The number of fused-ring (bicyclic) bond motifs is 1. The molecule has 3 aromatic rings. The van der Waals surface area contributed by atoms with Crippen LogP contribution in [0.15, 0.2) is 53.0 Å². The van der Waals surface area contributed by atoms with Gasteiger partial charge in [-0.1, -0.05) is 36.0 Å². The monoisotopic (exact) mass is 435 g/mol. The summed E-state index contributed by atoms with van der Waals surface area (Å²) < 4.78 is 39.8. The van der Waals surface area contributed by atoms with Crippen LogP contribution in [-0.2, 0) is 17.4 Å². The molecule has 29 heavy (non-hydrogen) atoms. The van der Waals surface area contributed by atoms with E-state index < -0.39 is 11.9 Å². The quantitative estimate of drug-likeness (QED) is 0.412. The number of benzene rings is 1. The molecule has 0 unspecified atom stereocenters. The fourth-order valence-corrected chi connectivity index (χ4v) is 4.73. The van der Waals surface area contributed by atoms with Crippen LogP contribution in [0.4, 0.5) is 18.9 Å². The van der Waals surface area contributed by atoms with E-state index in [1.165, 1.54) is 11.3 Å². The van der Waals surface area contributed by atoms with Crippen molar-refractivity contribution < 1.29 is 18.0 Å². The highest BCUT2D eigenvalue weighted by atomic mass is 32.2. The minimum absolute atomic E-state index is 0.00427. The van der Waals surface area contributed by atoms with E-state index in [-0.39, 0.29) is 28.6 Å². The van der Waals surface area contributed by atoms with Gasteiger partial charge in [-0.15, -0.1) is 11.3 Å². The number of alkyl halides is 3. The Hall–Kier alpha value is -2.39. The summed E-state index contributed by atoms with van der Waals surface area (Å²) in [4.78, 5) is 23.0. The van der Waals surface area contributed by atoms with E-state index in [4.69, 9.17) is 0 Å². The number of carbonyl (C=O) groups is 1. The van der Waals surface area contributed by atoms with Gasteiger partial charge in [0, 0.05) is 11.7 Å². The second-order valence-electron chi connectivity index (χ2n) is 6.63. The molecule has 2 aromatic heterocycles. The van der Waals surface area contributed by atoms with Crippen LogP contribution < -0.4 is 4.90 Å². The first-order valence-electron chi connectivity index (χ1n) is 8.86. The highest BCUT2D eigenvalue weighted by Gasteiger charge is 2.34. The van der Waals surface area contributed by atoms with Crippen LogP contribution >= 0.6 is 23.1 Å². The maximum absolute atomic E-state index is 13.3. The molecule has 1 aliphatic rings. The molecule has 1 aromatic carbocycles. The van der Waals surface area contributed by atoms with Crippen LogP contribution in [0.25, 0.3) is 10.6 Å². The Labute approximate surface area is 173 Å². The summed E-state index contributed by atoms with van der Waals surface area (Å²) in [5, 5.41) is 1.71.